The monoisotopic (exact) mass is 285 g/mol. The highest BCUT2D eigenvalue weighted by Gasteiger charge is 2.20. The van der Waals surface area contributed by atoms with Crippen LogP contribution in [0.25, 0.3) is 11.0 Å². The molecule has 0 atom stereocenters. The number of aryl methyl sites for hydroxylation is 2. The second-order valence-electron chi connectivity index (χ2n) is 3.45. The van der Waals surface area contributed by atoms with Crippen molar-refractivity contribution < 1.29 is 4.92 Å². The zero-order valence-corrected chi connectivity index (χ0v) is 10.2. The predicted octanol–water partition coefficient (Wildman–Crippen LogP) is 1.55. The molecule has 0 spiro atoms. The van der Waals surface area contributed by atoms with E-state index in [0.717, 1.165) is 0 Å². The van der Waals surface area contributed by atoms with Crippen LogP contribution in [0.1, 0.15) is 0 Å². The summed E-state index contributed by atoms with van der Waals surface area (Å²) in [6, 6.07) is 3.07. The van der Waals surface area contributed by atoms with E-state index in [-0.39, 0.29) is 11.4 Å². The molecule has 6 nitrogen and oxygen atoms in total. The third-order valence-electron chi connectivity index (χ3n) is 2.50. The van der Waals surface area contributed by atoms with Crippen molar-refractivity contribution in [2.24, 2.45) is 14.1 Å². The van der Waals surface area contributed by atoms with Gasteiger partial charge < -0.3 is 0 Å². The van der Waals surface area contributed by atoms with Gasteiger partial charge in [-0.25, -0.2) is 4.79 Å². The molecule has 0 unspecified atom stereocenters. The SMILES string of the molecule is Cn1c(=O)n(C)c2c([N+](=O)[O-])cc(Br)cc21. The molecular formula is C9H8BrN3O3. The Morgan fingerprint density at radius 2 is 1.94 bits per heavy atom. The topological polar surface area (TPSA) is 70.1 Å². The molecule has 0 aliphatic carbocycles. The minimum Gasteiger partial charge on any atom is -0.295 e. The van der Waals surface area contributed by atoms with Crippen LogP contribution < -0.4 is 5.69 Å². The summed E-state index contributed by atoms with van der Waals surface area (Å²) in [7, 11) is 3.10. The third kappa shape index (κ3) is 1.35. The number of nitrogens with zero attached hydrogens (tertiary/aromatic N) is 3. The molecule has 0 saturated heterocycles. The maximum absolute atomic E-state index is 11.7. The number of benzene rings is 1. The largest absolute Gasteiger partial charge is 0.328 e. The van der Waals surface area contributed by atoms with Crippen LogP contribution in [-0.4, -0.2) is 14.1 Å². The molecule has 0 amide bonds. The van der Waals surface area contributed by atoms with Gasteiger partial charge in [0.15, 0.2) is 0 Å². The molecule has 16 heavy (non-hydrogen) atoms. The van der Waals surface area contributed by atoms with Gasteiger partial charge in [0.05, 0.1) is 10.4 Å². The number of non-ortho nitro benzene ring substituents is 1. The molecule has 84 valence electrons. The second kappa shape index (κ2) is 3.44. The van der Waals surface area contributed by atoms with Crippen molar-refractivity contribution >= 4 is 32.7 Å². The molecule has 2 rings (SSSR count). The number of hydrogen-bond donors (Lipinski definition) is 0. The maximum atomic E-state index is 11.7. The van der Waals surface area contributed by atoms with Crippen LogP contribution in [0.3, 0.4) is 0 Å². The van der Waals surface area contributed by atoms with Crippen LogP contribution >= 0.6 is 15.9 Å². The van der Waals surface area contributed by atoms with Gasteiger partial charge in [0.2, 0.25) is 0 Å². The molecule has 2 aromatic rings. The average molecular weight is 286 g/mol. The van der Waals surface area contributed by atoms with Crippen molar-refractivity contribution in [1.82, 2.24) is 9.13 Å². The quantitative estimate of drug-likeness (QED) is 0.590. The van der Waals surface area contributed by atoms with Crippen LogP contribution in [0.15, 0.2) is 21.4 Å². The van der Waals surface area contributed by atoms with Crippen LogP contribution in [0.2, 0.25) is 0 Å². The number of rotatable bonds is 1. The van der Waals surface area contributed by atoms with Crippen molar-refractivity contribution in [2.45, 2.75) is 0 Å². The van der Waals surface area contributed by atoms with Crippen molar-refractivity contribution in [3.63, 3.8) is 0 Å². The molecule has 7 heteroatoms. The summed E-state index contributed by atoms with van der Waals surface area (Å²) < 4.78 is 3.24. The lowest BCUT2D eigenvalue weighted by atomic mass is 10.2. The van der Waals surface area contributed by atoms with Gasteiger partial charge in [0, 0.05) is 24.6 Å². The number of nitro benzene ring substituents is 1. The van der Waals surface area contributed by atoms with Gasteiger partial charge in [-0.3, -0.25) is 19.2 Å². The van der Waals surface area contributed by atoms with Gasteiger partial charge in [0.25, 0.3) is 5.69 Å². The Labute approximate surface area is 98.4 Å². The molecule has 0 fully saturated rings. The Balaban J connectivity index is 3.08. The van der Waals surface area contributed by atoms with Gasteiger partial charge in [-0.2, -0.15) is 0 Å². The zero-order valence-electron chi connectivity index (χ0n) is 8.60. The van der Waals surface area contributed by atoms with Crippen LogP contribution in [0, 0.1) is 10.1 Å². The smallest absolute Gasteiger partial charge is 0.295 e. The van der Waals surface area contributed by atoms with Crippen molar-refractivity contribution in [1.29, 1.82) is 0 Å². The lowest BCUT2D eigenvalue weighted by Crippen LogP contribution is -2.19. The van der Waals surface area contributed by atoms with Crippen LogP contribution in [-0.2, 0) is 14.1 Å². The van der Waals surface area contributed by atoms with E-state index in [9.17, 15) is 14.9 Å². The first-order valence-corrected chi connectivity index (χ1v) is 5.22. The summed E-state index contributed by atoms with van der Waals surface area (Å²) in [4.78, 5) is 22.1. The molecule has 0 bridgehead atoms. The van der Waals surface area contributed by atoms with Gasteiger partial charge in [0.1, 0.15) is 5.52 Å². The number of fused-ring (bicyclic) bond motifs is 1. The molecule has 0 aliphatic rings. The summed E-state index contributed by atoms with van der Waals surface area (Å²) >= 11 is 3.19. The molecule has 1 aromatic carbocycles. The molecule has 1 heterocycles. The number of aromatic nitrogens is 2. The lowest BCUT2D eigenvalue weighted by Gasteiger charge is -1.98. The van der Waals surface area contributed by atoms with E-state index in [2.05, 4.69) is 15.9 Å². The van der Waals surface area contributed by atoms with E-state index in [0.29, 0.717) is 15.5 Å². The highest BCUT2D eigenvalue weighted by atomic mass is 79.9. The summed E-state index contributed by atoms with van der Waals surface area (Å²) in [6.45, 7) is 0. The maximum Gasteiger partial charge on any atom is 0.328 e. The standard InChI is InChI=1S/C9H8BrN3O3/c1-11-6-3-5(10)4-7(13(15)16)8(6)12(2)9(11)14/h3-4H,1-2H3. The molecule has 0 aliphatic heterocycles. The predicted molar refractivity (Wildman–Crippen MR) is 62.5 cm³/mol. The number of nitro groups is 1. The molecule has 0 saturated carbocycles. The van der Waals surface area contributed by atoms with Crippen LogP contribution in [0.4, 0.5) is 5.69 Å². The first-order chi connectivity index (χ1) is 7.43. The minimum absolute atomic E-state index is 0.0791. The first kappa shape index (κ1) is 10.9. The molecular weight excluding hydrogens is 278 g/mol. The highest BCUT2D eigenvalue weighted by Crippen LogP contribution is 2.28. The number of hydrogen-bond acceptors (Lipinski definition) is 3. The van der Waals surface area contributed by atoms with Crippen LogP contribution in [0.5, 0.6) is 0 Å². The summed E-state index contributed by atoms with van der Waals surface area (Å²) in [5.74, 6) is 0. The van der Waals surface area contributed by atoms with Gasteiger partial charge in [-0.05, 0) is 6.07 Å². The van der Waals surface area contributed by atoms with E-state index in [1.54, 1.807) is 13.1 Å². The zero-order chi connectivity index (χ0) is 12.0. The van der Waals surface area contributed by atoms with E-state index in [1.165, 1.54) is 22.2 Å². The Bertz CT molecular complexity index is 656. The Morgan fingerprint density at radius 1 is 1.31 bits per heavy atom. The van der Waals surface area contributed by atoms with Crippen molar-refractivity contribution in [3.8, 4) is 0 Å². The summed E-state index contributed by atoms with van der Waals surface area (Å²) in [5.41, 5.74) is 0.509. The van der Waals surface area contributed by atoms with E-state index >= 15 is 0 Å². The Kier molecular flexibility index (Phi) is 2.34. The van der Waals surface area contributed by atoms with E-state index < -0.39 is 4.92 Å². The Hall–Kier alpha value is -1.63. The van der Waals surface area contributed by atoms with Gasteiger partial charge in [-0.1, -0.05) is 15.9 Å². The number of imidazole rings is 1. The van der Waals surface area contributed by atoms with Gasteiger partial charge in [-0.15, -0.1) is 0 Å². The summed E-state index contributed by atoms with van der Waals surface area (Å²) in [6.07, 6.45) is 0. The van der Waals surface area contributed by atoms with Crippen molar-refractivity contribution in [2.75, 3.05) is 0 Å². The Morgan fingerprint density at radius 3 is 2.50 bits per heavy atom. The third-order valence-corrected chi connectivity index (χ3v) is 2.96. The minimum atomic E-state index is -0.494. The second-order valence-corrected chi connectivity index (χ2v) is 4.37. The normalized spacial score (nSPS) is 10.9. The van der Waals surface area contributed by atoms with Gasteiger partial charge >= 0.3 is 5.69 Å². The molecule has 1 aromatic heterocycles. The fraction of sp³-hybridized carbons (Fsp3) is 0.222. The lowest BCUT2D eigenvalue weighted by molar-refractivity contribution is -0.383. The number of halogens is 1. The fourth-order valence-electron chi connectivity index (χ4n) is 1.73. The van der Waals surface area contributed by atoms with E-state index in [4.69, 9.17) is 0 Å². The first-order valence-electron chi connectivity index (χ1n) is 4.43. The average Bonchev–Trinajstić information content (AvgIpc) is 2.43. The molecule has 0 N–H and O–H groups in total. The molecule has 0 radical (unpaired) electrons. The summed E-state index contributed by atoms with van der Waals surface area (Å²) in [5, 5.41) is 10.9. The van der Waals surface area contributed by atoms with Crippen molar-refractivity contribution in [3.05, 3.63) is 37.2 Å². The highest BCUT2D eigenvalue weighted by molar-refractivity contribution is 9.10. The van der Waals surface area contributed by atoms with E-state index in [1.807, 2.05) is 0 Å². The fourth-order valence-corrected chi connectivity index (χ4v) is 2.17.